The number of carbonyl (C=O) groups excluding carboxylic acids is 2. The summed E-state index contributed by atoms with van der Waals surface area (Å²) in [6.45, 7) is 11.8. The molecule has 0 saturated carbocycles. The molecule has 0 unspecified atom stereocenters. The molecule has 1 heterocycles. The Hall–Kier alpha value is -2.62. The van der Waals surface area contributed by atoms with E-state index in [2.05, 4.69) is 24.1 Å². The molecule has 1 aromatic rings. The van der Waals surface area contributed by atoms with Gasteiger partial charge in [-0.25, -0.2) is 0 Å². The number of rotatable bonds is 6. The first kappa shape index (κ1) is 19.7. The Morgan fingerprint density at radius 2 is 2.04 bits per heavy atom. The van der Waals surface area contributed by atoms with Crippen molar-refractivity contribution >= 4 is 23.2 Å². The zero-order valence-corrected chi connectivity index (χ0v) is 16.2. The number of allylic oxidation sites excluding steroid dienone is 3. The molecule has 0 saturated heterocycles. The molecule has 1 aliphatic rings. The minimum Gasteiger partial charge on any atom is -0.326 e. The molecule has 1 aliphatic heterocycles. The fraction of sp³-hybridized carbons (Fsp3) is 0.364. The van der Waals surface area contributed by atoms with Crippen molar-refractivity contribution < 1.29 is 9.59 Å². The zero-order valence-electron chi connectivity index (χ0n) is 16.2. The van der Waals surface area contributed by atoms with Gasteiger partial charge in [-0.05, 0) is 61.9 Å². The molecular formula is C22H28N2O2. The molecule has 0 fully saturated rings. The number of carbonyl (C=O) groups is 2. The summed E-state index contributed by atoms with van der Waals surface area (Å²) >= 11 is 0. The summed E-state index contributed by atoms with van der Waals surface area (Å²) in [6, 6.07) is 1.98. The van der Waals surface area contributed by atoms with Crippen molar-refractivity contribution in [2.45, 2.75) is 53.4 Å². The van der Waals surface area contributed by atoms with Crippen molar-refractivity contribution in [3.05, 3.63) is 58.7 Å². The van der Waals surface area contributed by atoms with E-state index in [-0.39, 0.29) is 11.8 Å². The molecule has 2 N–H and O–H groups in total. The van der Waals surface area contributed by atoms with E-state index in [0.717, 1.165) is 46.5 Å². The van der Waals surface area contributed by atoms with Gasteiger partial charge in [-0.15, -0.1) is 0 Å². The fourth-order valence-corrected chi connectivity index (χ4v) is 3.24. The van der Waals surface area contributed by atoms with Crippen LogP contribution in [0.25, 0.3) is 0 Å². The van der Waals surface area contributed by atoms with Gasteiger partial charge in [0.1, 0.15) is 0 Å². The highest BCUT2D eigenvalue weighted by molar-refractivity contribution is 6.07. The number of benzene rings is 1. The Bertz CT molecular complexity index is 801. The first-order chi connectivity index (χ1) is 12.4. The molecule has 2 rings (SSSR count). The van der Waals surface area contributed by atoms with Crippen LogP contribution in [0.15, 0.2) is 42.0 Å². The van der Waals surface area contributed by atoms with Crippen LogP contribution in [0.3, 0.4) is 0 Å². The van der Waals surface area contributed by atoms with E-state index in [1.54, 1.807) is 6.08 Å². The maximum Gasteiger partial charge on any atom is 0.255 e. The highest BCUT2D eigenvalue weighted by Gasteiger charge is 2.21. The van der Waals surface area contributed by atoms with E-state index >= 15 is 0 Å². The lowest BCUT2D eigenvalue weighted by Gasteiger charge is -2.23. The second kappa shape index (κ2) is 8.65. The van der Waals surface area contributed by atoms with E-state index in [9.17, 15) is 9.59 Å². The molecule has 2 amide bonds. The average Bonchev–Trinajstić information content (AvgIpc) is 2.63. The standard InChI is InChI=1S/C22H28N2O2/c1-6-9-16(8-3)18(10-7-2)22(26)23-19-13-17-11-12-20(25)24-21(17)15(5)14(19)4/h7-8,10,13H,3,6,9,11-12H2,1-2,4-5H3,(H,23,26)(H,24,25)/b10-7-,18-16-. The summed E-state index contributed by atoms with van der Waals surface area (Å²) in [4.78, 5) is 24.6. The van der Waals surface area contributed by atoms with Crippen LogP contribution >= 0.6 is 0 Å². The van der Waals surface area contributed by atoms with E-state index in [1.165, 1.54) is 0 Å². The molecule has 138 valence electrons. The van der Waals surface area contributed by atoms with Gasteiger partial charge in [-0.2, -0.15) is 0 Å². The van der Waals surface area contributed by atoms with Gasteiger partial charge in [-0.1, -0.05) is 38.2 Å². The number of hydrogen-bond acceptors (Lipinski definition) is 2. The average molecular weight is 352 g/mol. The number of hydrogen-bond donors (Lipinski definition) is 2. The van der Waals surface area contributed by atoms with Crippen molar-refractivity contribution in [1.29, 1.82) is 0 Å². The van der Waals surface area contributed by atoms with E-state index in [0.29, 0.717) is 18.4 Å². The number of amides is 2. The maximum atomic E-state index is 12.9. The van der Waals surface area contributed by atoms with Crippen LogP contribution in [0.1, 0.15) is 49.8 Å². The predicted octanol–water partition coefficient (Wildman–Crippen LogP) is 4.99. The minimum atomic E-state index is -0.131. The summed E-state index contributed by atoms with van der Waals surface area (Å²) in [5, 5.41) is 6.01. The Labute approximate surface area is 156 Å². The van der Waals surface area contributed by atoms with Crippen molar-refractivity contribution in [2.75, 3.05) is 10.6 Å². The molecule has 0 radical (unpaired) electrons. The molecule has 0 aromatic heterocycles. The number of nitrogens with one attached hydrogen (secondary N) is 2. The van der Waals surface area contributed by atoms with Gasteiger partial charge >= 0.3 is 0 Å². The number of fused-ring (bicyclic) bond motifs is 1. The van der Waals surface area contributed by atoms with Crippen LogP contribution in [0.5, 0.6) is 0 Å². The SMILES string of the molecule is C=C/C(CCC)=C(\C=C/C)C(=O)Nc1cc2c(c(C)c1C)NC(=O)CC2. The molecule has 0 atom stereocenters. The molecule has 26 heavy (non-hydrogen) atoms. The Kier molecular flexibility index (Phi) is 6.56. The van der Waals surface area contributed by atoms with Crippen molar-refractivity contribution in [2.24, 2.45) is 0 Å². The first-order valence-electron chi connectivity index (χ1n) is 9.15. The summed E-state index contributed by atoms with van der Waals surface area (Å²) in [5.41, 5.74) is 6.31. The molecular weight excluding hydrogens is 324 g/mol. The lowest BCUT2D eigenvalue weighted by atomic mass is 9.94. The molecule has 4 heteroatoms. The van der Waals surface area contributed by atoms with Gasteiger partial charge < -0.3 is 10.6 Å². The van der Waals surface area contributed by atoms with Crippen molar-refractivity contribution in [1.82, 2.24) is 0 Å². The second-order valence-corrected chi connectivity index (χ2v) is 6.60. The maximum absolute atomic E-state index is 12.9. The molecule has 0 bridgehead atoms. The van der Waals surface area contributed by atoms with Gasteiger partial charge in [-0.3, -0.25) is 9.59 Å². The third-order valence-corrected chi connectivity index (χ3v) is 4.80. The minimum absolute atomic E-state index is 0.0466. The van der Waals surface area contributed by atoms with Gasteiger partial charge in [0.05, 0.1) is 0 Å². The molecule has 1 aromatic carbocycles. The normalized spacial score (nSPS) is 14.5. The fourth-order valence-electron chi connectivity index (χ4n) is 3.24. The zero-order chi connectivity index (χ0) is 19.3. The van der Waals surface area contributed by atoms with E-state index in [1.807, 2.05) is 39.0 Å². The van der Waals surface area contributed by atoms with Gasteiger partial charge in [0.15, 0.2) is 0 Å². The van der Waals surface area contributed by atoms with E-state index in [4.69, 9.17) is 0 Å². The molecule has 0 aliphatic carbocycles. The van der Waals surface area contributed by atoms with Crippen LogP contribution in [-0.4, -0.2) is 11.8 Å². The van der Waals surface area contributed by atoms with Gasteiger partial charge in [0.2, 0.25) is 5.91 Å². The summed E-state index contributed by atoms with van der Waals surface area (Å²) in [6.07, 6.45) is 8.40. The Morgan fingerprint density at radius 1 is 1.31 bits per heavy atom. The van der Waals surface area contributed by atoms with Gasteiger partial charge in [0.25, 0.3) is 5.91 Å². The van der Waals surface area contributed by atoms with Crippen LogP contribution in [0.2, 0.25) is 0 Å². The lowest BCUT2D eigenvalue weighted by Crippen LogP contribution is -2.22. The monoisotopic (exact) mass is 352 g/mol. The third kappa shape index (κ3) is 4.13. The van der Waals surface area contributed by atoms with Crippen molar-refractivity contribution in [3.63, 3.8) is 0 Å². The summed E-state index contributed by atoms with van der Waals surface area (Å²) in [7, 11) is 0. The quantitative estimate of drug-likeness (QED) is 0.560. The third-order valence-electron chi connectivity index (χ3n) is 4.80. The summed E-state index contributed by atoms with van der Waals surface area (Å²) in [5.74, 6) is -0.0842. The number of anilines is 2. The van der Waals surface area contributed by atoms with Crippen molar-refractivity contribution in [3.8, 4) is 0 Å². The summed E-state index contributed by atoms with van der Waals surface area (Å²) < 4.78 is 0. The number of aryl methyl sites for hydroxylation is 1. The van der Waals surface area contributed by atoms with Crippen LogP contribution in [-0.2, 0) is 16.0 Å². The highest BCUT2D eigenvalue weighted by atomic mass is 16.2. The van der Waals surface area contributed by atoms with Crippen LogP contribution in [0.4, 0.5) is 11.4 Å². The first-order valence-corrected chi connectivity index (χ1v) is 9.15. The van der Waals surface area contributed by atoms with Crippen LogP contribution < -0.4 is 10.6 Å². The Balaban J connectivity index is 2.41. The topological polar surface area (TPSA) is 58.2 Å². The molecule has 4 nitrogen and oxygen atoms in total. The molecule has 0 spiro atoms. The Morgan fingerprint density at radius 3 is 2.65 bits per heavy atom. The smallest absolute Gasteiger partial charge is 0.255 e. The van der Waals surface area contributed by atoms with E-state index < -0.39 is 0 Å². The largest absolute Gasteiger partial charge is 0.326 e. The van der Waals surface area contributed by atoms with Crippen LogP contribution in [0, 0.1) is 13.8 Å². The lowest BCUT2D eigenvalue weighted by molar-refractivity contribution is -0.116. The van der Waals surface area contributed by atoms with Gasteiger partial charge in [0, 0.05) is 23.4 Å². The second-order valence-electron chi connectivity index (χ2n) is 6.60. The highest BCUT2D eigenvalue weighted by Crippen LogP contribution is 2.33. The predicted molar refractivity (Wildman–Crippen MR) is 108 cm³/mol.